The molecule has 0 radical (unpaired) electrons. The van der Waals surface area contributed by atoms with Crippen molar-refractivity contribution >= 4 is 28.5 Å². The van der Waals surface area contributed by atoms with Crippen molar-refractivity contribution in [1.82, 2.24) is 14.5 Å². The van der Waals surface area contributed by atoms with Crippen LogP contribution in [0.1, 0.15) is 35.3 Å². The van der Waals surface area contributed by atoms with Crippen LogP contribution in [0.2, 0.25) is 0 Å². The Morgan fingerprint density at radius 2 is 2.09 bits per heavy atom. The van der Waals surface area contributed by atoms with Gasteiger partial charge in [-0.25, -0.2) is 19.2 Å². The fourth-order valence-corrected chi connectivity index (χ4v) is 4.39. The minimum absolute atomic E-state index is 0.00891. The number of nitrogens with one attached hydrogen (secondary N) is 1. The van der Waals surface area contributed by atoms with Gasteiger partial charge in [-0.2, -0.15) is 0 Å². The number of pyridine rings is 1. The molecule has 0 unspecified atom stereocenters. The lowest BCUT2D eigenvalue weighted by Crippen LogP contribution is -2.30. The largest absolute Gasteiger partial charge is 0.487 e. The smallest absolute Gasteiger partial charge is 0.341 e. The Labute approximate surface area is 182 Å². The number of nitrogens with zero attached hydrogens (tertiary/aromatic N) is 4. The zero-order chi connectivity index (χ0) is 22.6. The summed E-state index contributed by atoms with van der Waals surface area (Å²) in [5.74, 6) is -1.15. The van der Waals surface area contributed by atoms with Crippen LogP contribution in [0.5, 0.6) is 5.75 Å². The maximum Gasteiger partial charge on any atom is 0.341 e. The minimum atomic E-state index is -1.34. The summed E-state index contributed by atoms with van der Waals surface area (Å²) in [4.78, 5) is 34.7. The quantitative estimate of drug-likeness (QED) is 0.639. The fraction of sp³-hybridized carbons (Fsp3) is 0.364. The highest BCUT2D eigenvalue weighted by Gasteiger charge is 2.33. The van der Waals surface area contributed by atoms with Crippen LogP contribution in [0.15, 0.2) is 29.5 Å². The highest BCUT2D eigenvalue weighted by molar-refractivity contribution is 5.97. The van der Waals surface area contributed by atoms with E-state index < -0.39 is 17.2 Å². The molecule has 5 rings (SSSR count). The van der Waals surface area contributed by atoms with Gasteiger partial charge in [-0.05, 0) is 31.9 Å². The molecule has 2 aliphatic rings. The zero-order valence-electron chi connectivity index (χ0n) is 17.6. The van der Waals surface area contributed by atoms with E-state index in [9.17, 15) is 14.7 Å². The topological polar surface area (TPSA) is 110 Å². The molecule has 1 fully saturated rings. The molecular weight excluding hydrogens is 417 g/mol. The Balaban J connectivity index is 1.55. The first kappa shape index (κ1) is 20.2. The van der Waals surface area contributed by atoms with Gasteiger partial charge in [-0.3, -0.25) is 4.79 Å². The summed E-state index contributed by atoms with van der Waals surface area (Å²) in [6.07, 6.45) is 5.54. The standard InChI is InChI=1S/C22H22FN5O4/c1-11-6-24-22(25-7-11)26-13-3-4-27(8-13)18-16(23)5-14-17-20(18)32-10-12(2)28(17)9-15(19(14)29)21(30)31/h5-7,9,12-13H,3-4,8,10H2,1-2H3,(H,30,31)(H,24,25,26)/t12-,13+/m0/s1. The predicted octanol–water partition coefficient (Wildman–Crippen LogP) is 2.58. The Morgan fingerprint density at radius 3 is 2.81 bits per heavy atom. The molecule has 0 aliphatic carbocycles. The molecule has 0 saturated carbocycles. The number of carboxylic acids is 1. The molecule has 166 valence electrons. The van der Waals surface area contributed by atoms with Gasteiger partial charge < -0.3 is 24.6 Å². The normalized spacial score (nSPS) is 19.8. The Kier molecular flexibility index (Phi) is 4.72. The molecule has 10 heteroatoms. The van der Waals surface area contributed by atoms with Crippen LogP contribution in [0.3, 0.4) is 0 Å². The van der Waals surface area contributed by atoms with E-state index in [1.165, 1.54) is 6.20 Å². The van der Waals surface area contributed by atoms with Crippen molar-refractivity contribution in [2.45, 2.75) is 32.4 Å². The van der Waals surface area contributed by atoms with E-state index in [4.69, 9.17) is 4.74 Å². The number of hydrogen-bond acceptors (Lipinski definition) is 7. The maximum atomic E-state index is 15.3. The first-order chi connectivity index (χ1) is 15.3. The second kappa shape index (κ2) is 7.47. The van der Waals surface area contributed by atoms with Crippen LogP contribution >= 0.6 is 0 Å². The number of halogens is 1. The van der Waals surface area contributed by atoms with Gasteiger partial charge in [-0.1, -0.05) is 0 Å². The molecule has 2 aromatic heterocycles. The first-order valence-electron chi connectivity index (χ1n) is 10.4. The van der Waals surface area contributed by atoms with Gasteiger partial charge >= 0.3 is 5.97 Å². The third-order valence-corrected chi connectivity index (χ3v) is 5.99. The molecule has 0 amide bonds. The van der Waals surface area contributed by atoms with Gasteiger partial charge in [-0.15, -0.1) is 0 Å². The number of carbonyl (C=O) groups is 1. The van der Waals surface area contributed by atoms with E-state index in [-0.39, 0.29) is 41.1 Å². The number of rotatable bonds is 4. The van der Waals surface area contributed by atoms with Crippen molar-refractivity contribution in [2.75, 3.05) is 29.9 Å². The lowest BCUT2D eigenvalue weighted by atomic mass is 10.1. The van der Waals surface area contributed by atoms with Crippen LogP contribution in [-0.2, 0) is 0 Å². The van der Waals surface area contributed by atoms with Crippen molar-refractivity contribution in [2.24, 2.45) is 0 Å². The number of ether oxygens (including phenoxy) is 1. The Morgan fingerprint density at radius 1 is 1.34 bits per heavy atom. The Hall–Kier alpha value is -3.69. The molecule has 0 spiro atoms. The first-order valence-corrected chi connectivity index (χ1v) is 10.4. The second-order valence-corrected chi connectivity index (χ2v) is 8.34. The lowest BCUT2D eigenvalue weighted by molar-refractivity contribution is 0.0694. The molecule has 2 aliphatic heterocycles. The van der Waals surface area contributed by atoms with Gasteiger partial charge in [0.05, 0.1) is 16.9 Å². The van der Waals surface area contributed by atoms with Crippen molar-refractivity contribution in [3.05, 3.63) is 51.8 Å². The number of aromatic nitrogens is 3. The third-order valence-electron chi connectivity index (χ3n) is 5.99. The second-order valence-electron chi connectivity index (χ2n) is 8.34. The summed E-state index contributed by atoms with van der Waals surface area (Å²) in [7, 11) is 0. The van der Waals surface area contributed by atoms with Crippen molar-refractivity contribution in [3.63, 3.8) is 0 Å². The maximum absolute atomic E-state index is 15.3. The molecule has 2 N–H and O–H groups in total. The van der Waals surface area contributed by atoms with E-state index in [2.05, 4.69) is 15.3 Å². The molecule has 9 nitrogen and oxygen atoms in total. The van der Waals surface area contributed by atoms with E-state index in [0.717, 1.165) is 18.1 Å². The molecule has 32 heavy (non-hydrogen) atoms. The van der Waals surface area contributed by atoms with Crippen molar-refractivity contribution in [1.29, 1.82) is 0 Å². The fourth-order valence-electron chi connectivity index (χ4n) is 4.39. The highest BCUT2D eigenvalue weighted by atomic mass is 19.1. The monoisotopic (exact) mass is 439 g/mol. The van der Waals surface area contributed by atoms with E-state index in [0.29, 0.717) is 24.6 Å². The third kappa shape index (κ3) is 3.22. The number of aromatic carboxylic acids is 1. The van der Waals surface area contributed by atoms with Gasteiger partial charge in [0.1, 0.15) is 17.9 Å². The van der Waals surface area contributed by atoms with Crippen molar-refractivity contribution < 1.29 is 19.0 Å². The zero-order valence-corrected chi connectivity index (χ0v) is 17.6. The van der Waals surface area contributed by atoms with Crippen LogP contribution in [0.4, 0.5) is 16.0 Å². The summed E-state index contributed by atoms with van der Waals surface area (Å²) in [6.45, 7) is 5.10. The Bertz CT molecular complexity index is 1290. The van der Waals surface area contributed by atoms with Crippen LogP contribution in [-0.4, -0.2) is 51.3 Å². The average molecular weight is 439 g/mol. The molecule has 4 heterocycles. The van der Waals surface area contributed by atoms with Crippen molar-refractivity contribution in [3.8, 4) is 5.75 Å². The van der Waals surface area contributed by atoms with Crippen LogP contribution in [0, 0.1) is 12.7 Å². The molecule has 1 saturated heterocycles. The number of anilines is 2. The number of carboxylic acid groups (broad SMARTS) is 1. The average Bonchev–Trinajstić information content (AvgIpc) is 3.21. The van der Waals surface area contributed by atoms with Crippen LogP contribution < -0.4 is 20.4 Å². The summed E-state index contributed by atoms with van der Waals surface area (Å²) >= 11 is 0. The van der Waals surface area contributed by atoms with Gasteiger partial charge in [0.2, 0.25) is 11.4 Å². The summed E-state index contributed by atoms with van der Waals surface area (Å²) in [5.41, 5.74) is 0.575. The predicted molar refractivity (Wildman–Crippen MR) is 116 cm³/mol. The van der Waals surface area contributed by atoms with Gasteiger partial charge in [0.15, 0.2) is 11.6 Å². The summed E-state index contributed by atoms with van der Waals surface area (Å²) in [5, 5.41) is 12.7. The molecule has 3 aromatic rings. The van der Waals surface area contributed by atoms with E-state index >= 15 is 4.39 Å². The number of benzene rings is 1. The van der Waals surface area contributed by atoms with Crippen LogP contribution in [0.25, 0.3) is 10.9 Å². The molecule has 1 aromatic carbocycles. The SMILES string of the molecule is Cc1cnc(N[C@@H]2CCN(c3c(F)cc4c(=O)c(C(=O)O)cn5c4c3OC[C@@H]5C)C2)nc1. The molecular formula is C22H22FN5O4. The summed E-state index contributed by atoms with van der Waals surface area (Å²) in [6, 6.07) is 0.942. The number of hydrogen-bond donors (Lipinski definition) is 2. The molecule has 0 bridgehead atoms. The van der Waals surface area contributed by atoms with E-state index in [1.54, 1.807) is 17.0 Å². The number of aryl methyl sites for hydroxylation is 1. The van der Waals surface area contributed by atoms with E-state index in [1.807, 2.05) is 18.7 Å². The molecule has 2 atom stereocenters. The minimum Gasteiger partial charge on any atom is -0.487 e. The summed E-state index contributed by atoms with van der Waals surface area (Å²) < 4.78 is 22.9. The highest BCUT2D eigenvalue weighted by Crippen LogP contribution is 2.42. The van der Waals surface area contributed by atoms with Gasteiger partial charge in [0.25, 0.3) is 0 Å². The van der Waals surface area contributed by atoms with Gasteiger partial charge in [0, 0.05) is 37.7 Å². The lowest BCUT2D eigenvalue weighted by Gasteiger charge is -2.31.